The number of aliphatic imine (C=N–C) groups is 1. The van der Waals surface area contributed by atoms with E-state index in [9.17, 15) is 4.79 Å². The summed E-state index contributed by atoms with van der Waals surface area (Å²) >= 11 is 0. The Kier molecular flexibility index (Phi) is 7.06. The van der Waals surface area contributed by atoms with Crippen molar-refractivity contribution in [2.24, 2.45) is 4.99 Å². The number of methoxy groups -OCH3 is 1. The molecule has 1 heterocycles. The van der Waals surface area contributed by atoms with Crippen LogP contribution in [0.1, 0.15) is 19.3 Å². The highest BCUT2D eigenvalue weighted by Gasteiger charge is 2.29. The van der Waals surface area contributed by atoms with Gasteiger partial charge < -0.3 is 15.0 Å². The molecule has 1 aliphatic heterocycles. The number of nitrogens with zero attached hydrogens (tertiary/aromatic N) is 3. The van der Waals surface area contributed by atoms with Gasteiger partial charge in [-0.3, -0.25) is 15.0 Å². The molecule has 0 saturated heterocycles. The number of anilines is 1. The fourth-order valence-corrected chi connectivity index (χ4v) is 3.67. The summed E-state index contributed by atoms with van der Waals surface area (Å²) in [7, 11) is 5.77. The quantitative estimate of drug-likeness (QED) is 0.569. The number of hydrogen-bond acceptors (Lipinski definition) is 6. The average Bonchev–Trinajstić information content (AvgIpc) is 2.76. The topological polar surface area (TPSA) is 69.2 Å². The van der Waals surface area contributed by atoms with E-state index in [1.807, 2.05) is 25.2 Å². The highest BCUT2D eigenvalue weighted by atomic mass is 16.5. The summed E-state index contributed by atoms with van der Waals surface area (Å²) in [4.78, 5) is 21.1. The van der Waals surface area contributed by atoms with Crippen molar-refractivity contribution >= 4 is 17.4 Å². The maximum atomic E-state index is 11.8. The highest BCUT2D eigenvalue weighted by Crippen LogP contribution is 2.23. The lowest BCUT2D eigenvalue weighted by atomic mass is 9.96. The first-order valence-electron chi connectivity index (χ1n) is 10.0. The van der Waals surface area contributed by atoms with E-state index >= 15 is 0 Å². The van der Waals surface area contributed by atoms with Crippen molar-refractivity contribution in [3.05, 3.63) is 49.1 Å². The number of amidine groups is 1. The van der Waals surface area contributed by atoms with Gasteiger partial charge in [0.2, 0.25) is 5.91 Å². The van der Waals surface area contributed by atoms with Crippen molar-refractivity contribution in [2.45, 2.75) is 37.6 Å². The SMILES string of the molecule is C=CC(=O)NC1CCC=CC1NC1N=C(N(C)c2cccc(OC)c2)CCN1C. The molecule has 1 aromatic carbocycles. The van der Waals surface area contributed by atoms with Gasteiger partial charge in [0.05, 0.1) is 7.11 Å². The van der Waals surface area contributed by atoms with Crippen LogP contribution in [-0.4, -0.2) is 62.8 Å². The Bertz CT molecular complexity index is 791. The van der Waals surface area contributed by atoms with Crippen molar-refractivity contribution in [3.63, 3.8) is 0 Å². The molecule has 0 bridgehead atoms. The number of ether oxygens (including phenoxy) is 1. The standard InChI is InChI=1S/C22H31N5O2/c1-5-21(28)23-18-11-6-7-12-19(18)24-22-25-20(13-14-26(22)2)27(3)16-9-8-10-17(15-16)29-4/h5,7-10,12,15,18-19,22,24H,1,6,11,13-14H2,2-4H3,(H,23,28). The molecule has 2 N–H and O–H groups in total. The van der Waals surface area contributed by atoms with E-state index in [1.165, 1.54) is 6.08 Å². The zero-order chi connectivity index (χ0) is 20.8. The third-order valence-corrected chi connectivity index (χ3v) is 5.48. The van der Waals surface area contributed by atoms with Gasteiger partial charge in [-0.05, 0) is 38.1 Å². The Morgan fingerprint density at radius 1 is 1.45 bits per heavy atom. The Hall–Kier alpha value is -2.64. The molecule has 1 aromatic rings. The van der Waals surface area contributed by atoms with Gasteiger partial charge in [-0.1, -0.05) is 24.8 Å². The highest BCUT2D eigenvalue weighted by molar-refractivity contribution is 5.98. The molecular formula is C22H31N5O2. The molecule has 0 saturated carbocycles. The second-order valence-electron chi connectivity index (χ2n) is 7.43. The van der Waals surface area contributed by atoms with Crippen LogP contribution in [0.5, 0.6) is 5.75 Å². The normalized spacial score (nSPS) is 24.5. The van der Waals surface area contributed by atoms with Crippen molar-refractivity contribution < 1.29 is 9.53 Å². The Labute approximate surface area is 173 Å². The minimum absolute atomic E-state index is 0.0188. The largest absolute Gasteiger partial charge is 0.497 e. The number of allylic oxidation sites excluding steroid dienone is 1. The predicted octanol–water partition coefficient (Wildman–Crippen LogP) is 2.13. The van der Waals surface area contributed by atoms with Crippen LogP contribution in [0.3, 0.4) is 0 Å². The molecule has 1 amide bonds. The summed E-state index contributed by atoms with van der Waals surface area (Å²) in [5.41, 5.74) is 1.04. The van der Waals surface area contributed by atoms with Gasteiger partial charge in [0.1, 0.15) is 11.6 Å². The van der Waals surface area contributed by atoms with E-state index in [0.717, 1.165) is 43.1 Å². The second-order valence-corrected chi connectivity index (χ2v) is 7.43. The molecule has 3 atom stereocenters. The van der Waals surface area contributed by atoms with Crippen LogP contribution < -0.4 is 20.3 Å². The van der Waals surface area contributed by atoms with Crippen LogP contribution in [0.15, 0.2) is 54.1 Å². The second kappa shape index (κ2) is 9.71. The average molecular weight is 398 g/mol. The number of nitrogens with one attached hydrogen (secondary N) is 2. The van der Waals surface area contributed by atoms with Gasteiger partial charge in [-0.15, -0.1) is 0 Å². The smallest absolute Gasteiger partial charge is 0.243 e. The number of carbonyl (C=O) groups is 1. The van der Waals surface area contributed by atoms with Crippen molar-refractivity contribution in [1.82, 2.24) is 15.5 Å². The van der Waals surface area contributed by atoms with Gasteiger partial charge in [0.15, 0.2) is 6.29 Å². The first kappa shape index (κ1) is 21.1. The lowest BCUT2D eigenvalue weighted by molar-refractivity contribution is -0.117. The summed E-state index contributed by atoms with van der Waals surface area (Å²) in [6, 6.07) is 8.02. The molecule has 0 spiro atoms. The zero-order valence-electron chi connectivity index (χ0n) is 17.5. The Morgan fingerprint density at radius 3 is 3.03 bits per heavy atom. The third-order valence-electron chi connectivity index (χ3n) is 5.48. The van der Waals surface area contributed by atoms with Gasteiger partial charge >= 0.3 is 0 Å². The number of rotatable bonds is 6. The molecule has 2 aliphatic rings. The summed E-state index contributed by atoms with van der Waals surface area (Å²) < 4.78 is 5.35. The van der Waals surface area contributed by atoms with Crippen molar-refractivity contribution in [2.75, 3.05) is 32.6 Å². The van der Waals surface area contributed by atoms with E-state index in [0.29, 0.717) is 0 Å². The number of benzene rings is 1. The van der Waals surface area contributed by atoms with E-state index in [2.05, 4.69) is 52.3 Å². The number of amides is 1. The van der Waals surface area contributed by atoms with Crippen LogP contribution in [0.25, 0.3) is 0 Å². The lowest BCUT2D eigenvalue weighted by Gasteiger charge is -2.38. The third kappa shape index (κ3) is 5.25. The van der Waals surface area contributed by atoms with Crippen LogP contribution in [0.2, 0.25) is 0 Å². The molecule has 29 heavy (non-hydrogen) atoms. The molecular weight excluding hydrogens is 366 g/mol. The number of carbonyl (C=O) groups excluding carboxylic acids is 1. The fraction of sp³-hybridized carbons (Fsp3) is 0.455. The first-order chi connectivity index (χ1) is 14.0. The zero-order valence-corrected chi connectivity index (χ0v) is 17.5. The molecule has 7 nitrogen and oxygen atoms in total. The maximum absolute atomic E-state index is 11.8. The summed E-state index contributed by atoms with van der Waals surface area (Å²) in [5.74, 6) is 1.70. The molecule has 7 heteroatoms. The van der Waals surface area contributed by atoms with Crippen molar-refractivity contribution in [1.29, 1.82) is 0 Å². The predicted molar refractivity (Wildman–Crippen MR) is 117 cm³/mol. The van der Waals surface area contributed by atoms with Gasteiger partial charge in [0, 0.05) is 43.9 Å². The minimum Gasteiger partial charge on any atom is -0.497 e. The van der Waals surface area contributed by atoms with Gasteiger partial charge in [-0.2, -0.15) is 0 Å². The van der Waals surface area contributed by atoms with Crippen molar-refractivity contribution in [3.8, 4) is 5.75 Å². The monoisotopic (exact) mass is 397 g/mol. The molecule has 156 valence electrons. The van der Waals surface area contributed by atoms with E-state index in [-0.39, 0.29) is 24.3 Å². The van der Waals surface area contributed by atoms with Gasteiger partial charge in [-0.25, -0.2) is 4.99 Å². The Morgan fingerprint density at radius 2 is 2.28 bits per heavy atom. The van der Waals surface area contributed by atoms with Gasteiger partial charge in [0.25, 0.3) is 0 Å². The molecule has 0 fully saturated rings. The molecule has 0 aromatic heterocycles. The fourth-order valence-electron chi connectivity index (χ4n) is 3.67. The molecule has 3 rings (SSSR count). The minimum atomic E-state index is -0.164. The Balaban J connectivity index is 1.75. The van der Waals surface area contributed by atoms with E-state index < -0.39 is 0 Å². The van der Waals surface area contributed by atoms with E-state index in [4.69, 9.17) is 9.73 Å². The van der Waals surface area contributed by atoms with E-state index in [1.54, 1.807) is 7.11 Å². The summed E-state index contributed by atoms with van der Waals surface area (Å²) in [6.07, 6.45) is 8.15. The first-order valence-corrected chi connectivity index (χ1v) is 10.0. The molecule has 0 radical (unpaired) electrons. The molecule has 3 unspecified atom stereocenters. The van der Waals surface area contributed by atoms with Crippen LogP contribution in [0, 0.1) is 0 Å². The van der Waals surface area contributed by atoms with Crippen LogP contribution >= 0.6 is 0 Å². The number of hydrogen-bond donors (Lipinski definition) is 2. The van der Waals surface area contributed by atoms with Crippen LogP contribution in [0.4, 0.5) is 5.69 Å². The molecule has 1 aliphatic carbocycles. The maximum Gasteiger partial charge on any atom is 0.243 e. The van der Waals surface area contributed by atoms with Crippen LogP contribution in [-0.2, 0) is 4.79 Å². The summed E-state index contributed by atoms with van der Waals surface area (Å²) in [5, 5.41) is 6.63. The lowest BCUT2D eigenvalue weighted by Crippen LogP contribution is -2.57. The summed E-state index contributed by atoms with van der Waals surface area (Å²) in [6.45, 7) is 4.45.